The number of amides is 1. The maximum Gasteiger partial charge on any atom is 0.229 e. The van der Waals surface area contributed by atoms with Gasteiger partial charge in [-0.1, -0.05) is 30.3 Å². The van der Waals surface area contributed by atoms with Gasteiger partial charge >= 0.3 is 0 Å². The molecule has 2 heterocycles. The molecule has 4 heteroatoms. The molecule has 0 spiro atoms. The summed E-state index contributed by atoms with van der Waals surface area (Å²) in [6.45, 7) is 2.19. The molecule has 3 rings (SSSR count). The Morgan fingerprint density at radius 1 is 1.33 bits per heavy atom. The molecule has 2 aliphatic rings. The van der Waals surface area contributed by atoms with E-state index in [1.165, 1.54) is 5.56 Å². The first-order valence-corrected chi connectivity index (χ1v) is 7.46. The maximum atomic E-state index is 12.5. The van der Waals surface area contributed by atoms with Crippen molar-refractivity contribution in [2.75, 3.05) is 25.5 Å². The van der Waals surface area contributed by atoms with E-state index in [1.54, 1.807) is 0 Å². The zero-order valence-electron chi connectivity index (χ0n) is 10.2. The zero-order chi connectivity index (χ0) is 12.4. The van der Waals surface area contributed by atoms with E-state index >= 15 is 0 Å². The van der Waals surface area contributed by atoms with E-state index in [1.807, 2.05) is 34.9 Å². The van der Waals surface area contributed by atoms with Gasteiger partial charge in [0.1, 0.15) is 5.37 Å². The highest BCUT2D eigenvalue weighted by Gasteiger charge is 2.35. The summed E-state index contributed by atoms with van der Waals surface area (Å²) in [5.41, 5.74) is 1.23. The van der Waals surface area contributed by atoms with Gasteiger partial charge in [-0.3, -0.25) is 4.79 Å². The van der Waals surface area contributed by atoms with Crippen molar-refractivity contribution >= 4 is 17.7 Å². The minimum absolute atomic E-state index is 0.0786. The molecular weight excluding hydrogens is 246 g/mol. The van der Waals surface area contributed by atoms with Gasteiger partial charge in [0.25, 0.3) is 0 Å². The normalized spacial score (nSPS) is 27.7. The first-order valence-electron chi connectivity index (χ1n) is 6.41. The molecule has 18 heavy (non-hydrogen) atoms. The molecule has 0 saturated carbocycles. The van der Waals surface area contributed by atoms with Gasteiger partial charge in [0, 0.05) is 18.9 Å². The van der Waals surface area contributed by atoms with E-state index in [4.69, 9.17) is 4.74 Å². The van der Waals surface area contributed by atoms with Crippen molar-refractivity contribution in [1.29, 1.82) is 0 Å². The van der Waals surface area contributed by atoms with Gasteiger partial charge in [-0.2, -0.15) is 0 Å². The third-order valence-electron chi connectivity index (χ3n) is 3.54. The quantitative estimate of drug-likeness (QED) is 0.820. The fourth-order valence-corrected chi connectivity index (χ4v) is 3.82. The smallest absolute Gasteiger partial charge is 0.229 e. The second-order valence-corrected chi connectivity index (χ2v) is 5.91. The predicted molar refractivity (Wildman–Crippen MR) is 72.3 cm³/mol. The standard InChI is InChI=1S/C14H17NO2S/c16-13(12-6-8-17-10-12)15-7-9-18-14(15)11-4-2-1-3-5-11/h1-5,12,14H,6-10H2. The largest absolute Gasteiger partial charge is 0.381 e. The first-order chi connectivity index (χ1) is 8.86. The summed E-state index contributed by atoms with van der Waals surface area (Å²) < 4.78 is 5.32. The van der Waals surface area contributed by atoms with E-state index in [0.717, 1.165) is 25.3 Å². The van der Waals surface area contributed by atoms with E-state index in [2.05, 4.69) is 12.1 Å². The van der Waals surface area contributed by atoms with Crippen LogP contribution in [0, 0.1) is 5.92 Å². The number of thioether (sulfide) groups is 1. The van der Waals surface area contributed by atoms with Gasteiger partial charge in [-0.05, 0) is 12.0 Å². The molecule has 96 valence electrons. The minimum Gasteiger partial charge on any atom is -0.381 e. The Morgan fingerprint density at radius 2 is 2.17 bits per heavy atom. The van der Waals surface area contributed by atoms with Crippen LogP contribution in [0.5, 0.6) is 0 Å². The van der Waals surface area contributed by atoms with Gasteiger partial charge in [-0.15, -0.1) is 11.8 Å². The van der Waals surface area contributed by atoms with E-state index < -0.39 is 0 Å². The van der Waals surface area contributed by atoms with Crippen LogP contribution in [-0.2, 0) is 9.53 Å². The van der Waals surface area contributed by atoms with Crippen molar-refractivity contribution in [2.24, 2.45) is 5.92 Å². The Balaban J connectivity index is 1.77. The Bertz CT molecular complexity index is 417. The highest BCUT2D eigenvalue weighted by atomic mass is 32.2. The summed E-state index contributed by atoms with van der Waals surface area (Å²) in [5.74, 6) is 1.38. The van der Waals surface area contributed by atoms with Gasteiger partial charge in [0.05, 0.1) is 12.5 Å². The topological polar surface area (TPSA) is 29.5 Å². The number of ether oxygens (including phenoxy) is 1. The highest BCUT2D eigenvalue weighted by molar-refractivity contribution is 7.99. The van der Waals surface area contributed by atoms with E-state index in [-0.39, 0.29) is 17.2 Å². The molecule has 2 unspecified atom stereocenters. The molecule has 1 aromatic rings. The van der Waals surface area contributed by atoms with Crippen molar-refractivity contribution < 1.29 is 9.53 Å². The van der Waals surface area contributed by atoms with Gasteiger partial charge in [0.15, 0.2) is 0 Å². The van der Waals surface area contributed by atoms with Crippen molar-refractivity contribution in [3.8, 4) is 0 Å². The first kappa shape index (κ1) is 12.1. The molecule has 0 aliphatic carbocycles. The summed E-state index contributed by atoms with van der Waals surface area (Å²) in [4.78, 5) is 14.5. The summed E-state index contributed by atoms with van der Waals surface area (Å²) >= 11 is 1.85. The van der Waals surface area contributed by atoms with Crippen LogP contribution in [-0.4, -0.2) is 36.3 Å². The highest BCUT2D eigenvalue weighted by Crippen LogP contribution is 2.39. The molecule has 0 N–H and O–H groups in total. The van der Waals surface area contributed by atoms with Crippen molar-refractivity contribution in [2.45, 2.75) is 11.8 Å². The molecule has 2 fully saturated rings. The second-order valence-electron chi connectivity index (χ2n) is 4.73. The number of rotatable bonds is 2. The predicted octanol–water partition coefficient (Wildman–Crippen LogP) is 2.30. The van der Waals surface area contributed by atoms with Gasteiger partial charge in [-0.25, -0.2) is 0 Å². The van der Waals surface area contributed by atoms with E-state index in [9.17, 15) is 4.79 Å². The number of nitrogens with zero attached hydrogens (tertiary/aromatic N) is 1. The van der Waals surface area contributed by atoms with Crippen LogP contribution in [0.15, 0.2) is 30.3 Å². The molecule has 2 atom stereocenters. The monoisotopic (exact) mass is 263 g/mol. The maximum absolute atomic E-state index is 12.5. The van der Waals surface area contributed by atoms with Crippen LogP contribution < -0.4 is 0 Å². The van der Waals surface area contributed by atoms with Crippen LogP contribution >= 0.6 is 11.8 Å². The molecule has 2 aliphatic heterocycles. The fraction of sp³-hybridized carbons (Fsp3) is 0.500. The average Bonchev–Trinajstić information content (AvgIpc) is 3.10. The van der Waals surface area contributed by atoms with Crippen LogP contribution in [0.2, 0.25) is 0 Å². The summed E-state index contributed by atoms with van der Waals surface area (Å²) in [6.07, 6.45) is 0.876. The second kappa shape index (κ2) is 5.33. The summed E-state index contributed by atoms with van der Waals surface area (Å²) in [7, 11) is 0. The lowest BCUT2D eigenvalue weighted by atomic mass is 10.1. The Hall–Kier alpha value is -1.00. The molecule has 0 bridgehead atoms. The molecule has 2 saturated heterocycles. The number of carbonyl (C=O) groups excluding carboxylic acids is 1. The molecule has 3 nitrogen and oxygen atoms in total. The van der Waals surface area contributed by atoms with Crippen LogP contribution in [0.3, 0.4) is 0 Å². The molecule has 1 aromatic carbocycles. The fourth-order valence-electron chi connectivity index (χ4n) is 2.55. The lowest BCUT2D eigenvalue weighted by molar-refractivity contribution is -0.135. The van der Waals surface area contributed by atoms with Gasteiger partial charge < -0.3 is 9.64 Å². The minimum atomic E-state index is 0.0786. The van der Waals surface area contributed by atoms with Crippen molar-refractivity contribution in [3.63, 3.8) is 0 Å². The SMILES string of the molecule is O=C(C1CCOC1)N1CCSC1c1ccccc1. The Kier molecular flexibility index (Phi) is 3.57. The Morgan fingerprint density at radius 3 is 2.89 bits per heavy atom. The number of benzene rings is 1. The van der Waals surface area contributed by atoms with E-state index in [0.29, 0.717) is 6.61 Å². The number of hydrogen-bond donors (Lipinski definition) is 0. The molecule has 1 amide bonds. The zero-order valence-corrected chi connectivity index (χ0v) is 11.1. The van der Waals surface area contributed by atoms with Crippen molar-refractivity contribution in [3.05, 3.63) is 35.9 Å². The molecular formula is C14H17NO2S. The number of carbonyl (C=O) groups is 1. The van der Waals surface area contributed by atoms with Gasteiger partial charge in [0.2, 0.25) is 5.91 Å². The lowest BCUT2D eigenvalue weighted by Gasteiger charge is -2.26. The lowest BCUT2D eigenvalue weighted by Crippen LogP contribution is -2.35. The average molecular weight is 263 g/mol. The molecule has 0 aromatic heterocycles. The Labute approximate surface area is 111 Å². The third-order valence-corrected chi connectivity index (χ3v) is 4.80. The van der Waals surface area contributed by atoms with Crippen LogP contribution in [0.25, 0.3) is 0 Å². The summed E-state index contributed by atoms with van der Waals surface area (Å²) in [5, 5.41) is 0.194. The third kappa shape index (κ3) is 2.27. The number of hydrogen-bond acceptors (Lipinski definition) is 3. The van der Waals surface area contributed by atoms with Crippen LogP contribution in [0.1, 0.15) is 17.4 Å². The molecule has 0 radical (unpaired) electrons. The van der Waals surface area contributed by atoms with Crippen molar-refractivity contribution in [1.82, 2.24) is 4.90 Å². The summed E-state index contributed by atoms with van der Waals surface area (Å²) in [6, 6.07) is 10.3. The van der Waals surface area contributed by atoms with Crippen LogP contribution in [0.4, 0.5) is 0 Å².